The molecular weight excluding hydrogens is 444 g/mol. The molecule has 2 heterocycles. The molecule has 166 valence electrons. The molecule has 1 aliphatic heterocycles. The molecule has 0 saturated heterocycles. The largest absolute Gasteiger partial charge is 0.490 e. The predicted octanol–water partition coefficient (Wildman–Crippen LogP) is 6.17. The molecule has 0 radical (unpaired) electrons. The zero-order valence-electron chi connectivity index (χ0n) is 18.0. The van der Waals surface area contributed by atoms with Crippen molar-refractivity contribution in [1.29, 1.82) is 0 Å². The van der Waals surface area contributed by atoms with E-state index in [0.29, 0.717) is 28.8 Å². The standard InChI is InChI=1S/C25H25ClN2O3S/c1-16(2)23(17-10-11-20-21(15-17)31-14-6-13-30-20)28-24(29)18-7-5-12-27-25(18)32-22-9-4-3-8-19(22)26/h3-5,7-12,15-16,23H,6,13-14H2,1-2H3,(H,28,29)/t23-/m1/s1. The van der Waals surface area contributed by atoms with E-state index in [1.54, 1.807) is 18.3 Å². The van der Waals surface area contributed by atoms with Crippen molar-refractivity contribution in [2.24, 2.45) is 5.92 Å². The van der Waals surface area contributed by atoms with E-state index in [-0.39, 0.29) is 17.9 Å². The fourth-order valence-electron chi connectivity index (χ4n) is 3.50. The highest BCUT2D eigenvalue weighted by Gasteiger charge is 2.23. The van der Waals surface area contributed by atoms with Gasteiger partial charge in [-0.05, 0) is 47.9 Å². The number of pyridine rings is 1. The minimum absolute atomic E-state index is 0.167. The van der Waals surface area contributed by atoms with Crippen LogP contribution in [0.2, 0.25) is 5.02 Å². The van der Waals surface area contributed by atoms with E-state index in [4.69, 9.17) is 21.1 Å². The molecule has 0 spiro atoms. The van der Waals surface area contributed by atoms with Gasteiger partial charge in [0.25, 0.3) is 5.91 Å². The van der Waals surface area contributed by atoms with Crippen molar-refractivity contribution in [2.75, 3.05) is 13.2 Å². The SMILES string of the molecule is CC(C)[C@@H](NC(=O)c1cccnc1Sc1ccccc1Cl)c1ccc2c(c1)OCCCO2. The van der Waals surface area contributed by atoms with E-state index in [1.165, 1.54) is 11.8 Å². The van der Waals surface area contributed by atoms with Crippen molar-refractivity contribution in [3.63, 3.8) is 0 Å². The van der Waals surface area contributed by atoms with Crippen molar-refractivity contribution in [2.45, 2.75) is 36.2 Å². The highest BCUT2D eigenvalue weighted by Crippen LogP contribution is 2.36. The first-order chi connectivity index (χ1) is 15.5. The van der Waals surface area contributed by atoms with Crippen LogP contribution in [-0.4, -0.2) is 24.1 Å². The van der Waals surface area contributed by atoms with E-state index < -0.39 is 0 Å². The van der Waals surface area contributed by atoms with Gasteiger partial charge >= 0.3 is 0 Å². The maximum absolute atomic E-state index is 13.3. The zero-order chi connectivity index (χ0) is 22.5. The van der Waals surface area contributed by atoms with Gasteiger partial charge in [-0.2, -0.15) is 0 Å². The van der Waals surface area contributed by atoms with Gasteiger partial charge in [-0.25, -0.2) is 4.98 Å². The summed E-state index contributed by atoms with van der Waals surface area (Å²) in [4.78, 5) is 18.6. The number of benzene rings is 2. The van der Waals surface area contributed by atoms with Crippen LogP contribution in [-0.2, 0) is 0 Å². The lowest BCUT2D eigenvalue weighted by Gasteiger charge is -2.24. The van der Waals surface area contributed by atoms with E-state index >= 15 is 0 Å². The minimum Gasteiger partial charge on any atom is -0.490 e. The fraction of sp³-hybridized carbons (Fsp3) is 0.280. The van der Waals surface area contributed by atoms with Crippen LogP contribution in [0, 0.1) is 5.92 Å². The lowest BCUT2D eigenvalue weighted by Crippen LogP contribution is -2.32. The summed E-state index contributed by atoms with van der Waals surface area (Å²) in [6.45, 7) is 5.42. The Morgan fingerprint density at radius 3 is 2.62 bits per heavy atom. The molecular formula is C25H25ClN2O3S. The van der Waals surface area contributed by atoms with Crippen LogP contribution >= 0.6 is 23.4 Å². The maximum Gasteiger partial charge on any atom is 0.254 e. The monoisotopic (exact) mass is 468 g/mol. The van der Waals surface area contributed by atoms with Gasteiger partial charge in [0.1, 0.15) is 5.03 Å². The number of aromatic nitrogens is 1. The lowest BCUT2D eigenvalue weighted by molar-refractivity contribution is 0.0921. The summed E-state index contributed by atoms with van der Waals surface area (Å²) in [5, 5.41) is 4.43. The van der Waals surface area contributed by atoms with Crippen LogP contribution in [0.15, 0.2) is 70.7 Å². The quantitative estimate of drug-likeness (QED) is 0.468. The second kappa shape index (κ2) is 10.3. The van der Waals surface area contributed by atoms with Crippen LogP contribution in [0.25, 0.3) is 0 Å². The number of hydrogen-bond donors (Lipinski definition) is 1. The van der Waals surface area contributed by atoms with Crippen molar-refractivity contribution >= 4 is 29.3 Å². The van der Waals surface area contributed by atoms with Gasteiger partial charge in [0.2, 0.25) is 0 Å². The van der Waals surface area contributed by atoms with Crippen LogP contribution < -0.4 is 14.8 Å². The molecule has 32 heavy (non-hydrogen) atoms. The van der Waals surface area contributed by atoms with Crippen molar-refractivity contribution in [3.05, 3.63) is 76.9 Å². The molecule has 2 aromatic carbocycles. The van der Waals surface area contributed by atoms with Crippen LogP contribution in [0.1, 0.15) is 42.2 Å². The number of amides is 1. The normalized spacial score (nSPS) is 14.0. The molecule has 1 aromatic heterocycles. The number of hydrogen-bond acceptors (Lipinski definition) is 5. The van der Waals surface area contributed by atoms with Gasteiger partial charge in [-0.3, -0.25) is 4.79 Å². The molecule has 1 atom stereocenters. The number of ether oxygens (including phenoxy) is 2. The van der Waals surface area contributed by atoms with E-state index in [2.05, 4.69) is 24.1 Å². The first-order valence-corrected chi connectivity index (χ1v) is 11.8. The van der Waals surface area contributed by atoms with Crippen molar-refractivity contribution in [1.82, 2.24) is 10.3 Å². The highest BCUT2D eigenvalue weighted by atomic mass is 35.5. The first kappa shape index (κ1) is 22.5. The van der Waals surface area contributed by atoms with Gasteiger partial charge < -0.3 is 14.8 Å². The number of nitrogens with one attached hydrogen (secondary N) is 1. The Morgan fingerprint density at radius 1 is 1.06 bits per heavy atom. The van der Waals surface area contributed by atoms with E-state index in [9.17, 15) is 4.79 Å². The van der Waals surface area contributed by atoms with Gasteiger partial charge in [0, 0.05) is 17.5 Å². The molecule has 4 rings (SSSR count). The average molecular weight is 469 g/mol. The minimum atomic E-state index is -0.196. The summed E-state index contributed by atoms with van der Waals surface area (Å²) in [5.74, 6) is 1.44. The Bertz CT molecular complexity index is 1110. The van der Waals surface area contributed by atoms with Crippen molar-refractivity contribution < 1.29 is 14.3 Å². The molecule has 0 fully saturated rings. The zero-order valence-corrected chi connectivity index (χ0v) is 19.6. The number of carbonyl (C=O) groups excluding carboxylic acids is 1. The van der Waals surface area contributed by atoms with Gasteiger partial charge in [0.05, 0.1) is 29.8 Å². The number of carbonyl (C=O) groups is 1. The predicted molar refractivity (Wildman–Crippen MR) is 127 cm³/mol. The smallest absolute Gasteiger partial charge is 0.254 e. The summed E-state index contributed by atoms with van der Waals surface area (Å²) in [6.07, 6.45) is 2.53. The Kier molecular flexibility index (Phi) is 7.22. The molecule has 1 amide bonds. The summed E-state index contributed by atoms with van der Waals surface area (Å²) in [7, 11) is 0. The van der Waals surface area contributed by atoms with Gasteiger partial charge in [0.15, 0.2) is 11.5 Å². The molecule has 0 bridgehead atoms. The Morgan fingerprint density at radius 2 is 1.84 bits per heavy atom. The second-order valence-corrected chi connectivity index (χ2v) is 9.28. The maximum atomic E-state index is 13.3. The third-order valence-corrected chi connectivity index (χ3v) is 6.68. The summed E-state index contributed by atoms with van der Waals surface area (Å²) in [6, 6.07) is 16.8. The Labute approximate surface area is 197 Å². The number of halogens is 1. The summed E-state index contributed by atoms with van der Waals surface area (Å²) >= 11 is 7.69. The molecule has 1 N–H and O–H groups in total. The van der Waals surface area contributed by atoms with Crippen LogP contribution in [0.4, 0.5) is 0 Å². The van der Waals surface area contributed by atoms with E-state index in [0.717, 1.165) is 28.4 Å². The van der Waals surface area contributed by atoms with Crippen LogP contribution in [0.5, 0.6) is 11.5 Å². The summed E-state index contributed by atoms with van der Waals surface area (Å²) < 4.78 is 11.6. The van der Waals surface area contributed by atoms with E-state index in [1.807, 2.05) is 42.5 Å². The Hall–Kier alpha value is -2.70. The third kappa shape index (κ3) is 5.19. The number of nitrogens with zero attached hydrogens (tertiary/aromatic N) is 1. The second-order valence-electron chi connectivity index (χ2n) is 7.84. The van der Waals surface area contributed by atoms with Gasteiger partial charge in [-0.1, -0.05) is 55.4 Å². The lowest BCUT2D eigenvalue weighted by atomic mass is 9.95. The van der Waals surface area contributed by atoms with Gasteiger partial charge in [-0.15, -0.1) is 0 Å². The van der Waals surface area contributed by atoms with Crippen LogP contribution in [0.3, 0.4) is 0 Å². The molecule has 1 aliphatic rings. The number of rotatable bonds is 6. The Balaban J connectivity index is 1.58. The molecule has 0 unspecified atom stereocenters. The molecule has 0 aliphatic carbocycles. The molecule has 3 aromatic rings. The van der Waals surface area contributed by atoms with Crippen molar-refractivity contribution in [3.8, 4) is 11.5 Å². The average Bonchev–Trinajstić information content (AvgIpc) is 3.04. The highest BCUT2D eigenvalue weighted by molar-refractivity contribution is 7.99. The fourth-order valence-corrected chi connectivity index (χ4v) is 4.66. The molecule has 0 saturated carbocycles. The third-order valence-electron chi connectivity index (χ3n) is 5.14. The summed E-state index contributed by atoms with van der Waals surface area (Å²) in [5.41, 5.74) is 1.49. The molecule has 7 heteroatoms. The topological polar surface area (TPSA) is 60.5 Å². The first-order valence-electron chi connectivity index (χ1n) is 10.6. The number of fused-ring (bicyclic) bond motifs is 1. The molecule has 5 nitrogen and oxygen atoms in total.